The van der Waals surface area contributed by atoms with Gasteiger partial charge in [-0.25, -0.2) is 0 Å². The largest absolute Gasteiger partial charge is 0.370 e. The summed E-state index contributed by atoms with van der Waals surface area (Å²) >= 11 is 0. The number of rotatable bonds is 3. The lowest BCUT2D eigenvalue weighted by atomic mass is 9.75. The van der Waals surface area contributed by atoms with Gasteiger partial charge in [0, 0.05) is 16.9 Å². The van der Waals surface area contributed by atoms with Gasteiger partial charge in [-0.05, 0) is 25.2 Å². The highest BCUT2D eigenvalue weighted by atomic mass is 33.1. The van der Waals surface area contributed by atoms with Crippen molar-refractivity contribution in [1.82, 2.24) is 0 Å². The van der Waals surface area contributed by atoms with Crippen LogP contribution in [0.15, 0.2) is 0 Å². The van der Waals surface area contributed by atoms with E-state index in [2.05, 4.69) is 45.4 Å². The van der Waals surface area contributed by atoms with Gasteiger partial charge in [0.25, 0.3) is 0 Å². The summed E-state index contributed by atoms with van der Waals surface area (Å²) in [5.74, 6) is 3.40. The van der Waals surface area contributed by atoms with Gasteiger partial charge in [0.2, 0.25) is 0 Å². The first-order valence-corrected chi connectivity index (χ1v) is 8.80. The molecule has 2 rings (SSSR count). The van der Waals surface area contributed by atoms with Crippen LogP contribution in [0.25, 0.3) is 0 Å². The number of hydrogen-bond donors (Lipinski definition) is 0. The van der Waals surface area contributed by atoms with Crippen LogP contribution in [0.4, 0.5) is 0 Å². The molecule has 2 fully saturated rings. The Hall–Kier alpha value is 0.660. The summed E-state index contributed by atoms with van der Waals surface area (Å²) in [6.07, 6.45) is 1.66. The lowest BCUT2D eigenvalue weighted by Crippen LogP contribution is -2.45. The maximum absolute atomic E-state index is 6.42. The molecule has 2 aliphatic heterocycles. The molecule has 0 aromatic heterocycles. The summed E-state index contributed by atoms with van der Waals surface area (Å²) < 4.78 is 6.42. The molecule has 0 saturated carbocycles. The molecule has 94 valence electrons. The molecule has 16 heavy (non-hydrogen) atoms. The zero-order valence-corrected chi connectivity index (χ0v) is 12.7. The van der Waals surface area contributed by atoms with E-state index in [0.29, 0.717) is 11.4 Å². The Morgan fingerprint density at radius 3 is 2.56 bits per heavy atom. The minimum absolute atomic E-state index is 0.169. The third-order valence-corrected chi connectivity index (χ3v) is 6.87. The molecule has 0 aliphatic carbocycles. The SMILES string of the molecule is CC(C)C[C@]12CSS[C@@H](C1C(C)C)[C@H](C)O2. The van der Waals surface area contributed by atoms with Crippen molar-refractivity contribution >= 4 is 21.6 Å². The van der Waals surface area contributed by atoms with Crippen LogP contribution in [-0.4, -0.2) is 22.7 Å². The van der Waals surface area contributed by atoms with E-state index in [4.69, 9.17) is 4.74 Å². The Bertz CT molecular complexity index is 250. The molecular formula is C13H24OS2. The lowest BCUT2D eigenvalue weighted by molar-refractivity contribution is -0.0551. The molecule has 0 spiro atoms. The van der Waals surface area contributed by atoms with Gasteiger partial charge in [-0.3, -0.25) is 0 Å². The van der Waals surface area contributed by atoms with Crippen molar-refractivity contribution in [3.05, 3.63) is 0 Å². The highest BCUT2D eigenvalue weighted by Gasteiger charge is 2.57. The second-order valence-corrected chi connectivity index (χ2v) is 8.62. The summed E-state index contributed by atoms with van der Waals surface area (Å²) in [4.78, 5) is 0. The van der Waals surface area contributed by atoms with Crippen molar-refractivity contribution in [2.45, 2.75) is 58.0 Å². The van der Waals surface area contributed by atoms with Crippen molar-refractivity contribution in [3.8, 4) is 0 Å². The highest BCUT2D eigenvalue weighted by molar-refractivity contribution is 8.77. The number of ether oxygens (including phenoxy) is 1. The second kappa shape index (κ2) is 4.74. The van der Waals surface area contributed by atoms with Crippen LogP contribution < -0.4 is 0 Å². The van der Waals surface area contributed by atoms with Crippen LogP contribution in [0.1, 0.15) is 41.0 Å². The summed E-state index contributed by atoms with van der Waals surface area (Å²) in [6, 6.07) is 0. The summed E-state index contributed by atoms with van der Waals surface area (Å²) in [6.45, 7) is 11.6. The summed E-state index contributed by atoms with van der Waals surface area (Å²) in [5.41, 5.74) is 0.169. The average molecular weight is 260 g/mol. The monoisotopic (exact) mass is 260 g/mol. The highest BCUT2D eigenvalue weighted by Crippen LogP contribution is 2.57. The van der Waals surface area contributed by atoms with Crippen LogP contribution >= 0.6 is 21.6 Å². The first-order valence-electron chi connectivity index (χ1n) is 6.42. The van der Waals surface area contributed by atoms with Crippen molar-refractivity contribution < 1.29 is 4.74 Å². The maximum Gasteiger partial charge on any atom is 0.0829 e. The molecule has 2 saturated heterocycles. The predicted molar refractivity (Wildman–Crippen MR) is 74.9 cm³/mol. The van der Waals surface area contributed by atoms with Crippen LogP contribution in [0.5, 0.6) is 0 Å². The molecule has 0 N–H and O–H groups in total. The van der Waals surface area contributed by atoms with Crippen molar-refractivity contribution in [1.29, 1.82) is 0 Å². The molecule has 0 amide bonds. The molecule has 0 aromatic carbocycles. The average Bonchev–Trinajstić information content (AvgIpc) is 2.29. The molecule has 2 heterocycles. The quantitative estimate of drug-likeness (QED) is 0.703. The zero-order valence-electron chi connectivity index (χ0n) is 11.0. The molecule has 1 unspecified atom stereocenters. The van der Waals surface area contributed by atoms with Gasteiger partial charge in [-0.1, -0.05) is 49.3 Å². The van der Waals surface area contributed by atoms with E-state index in [1.165, 1.54) is 12.2 Å². The maximum atomic E-state index is 6.42. The Kier molecular flexibility index (Phi) is 3.88. The fraction of sp³-hybridized carbons (Fsp3) is 1.00. The van der Waals surface area contributed by atoms with Gasteiger partial charge in [-0.2, -0.15) is 0 Å². The van der Waals surface area contributed by atoms with Gasteiger partial charge >= 0.3 is 0 Å². The molecule has 3 heteroatoms. The van der Waals surface area contributed by atoms with E-state index < -0.39 is 0 Å². The normalized spacial score (nSPS) is 43.3. The summed E-state index contributed by atoms with van der Waals surface area (Å²) in [5, 5.41) is 0.706. The van der Waals surface area contributed by atoms with E-state index in [9.17, 15) is 0 Å². The molecule has 0 aromatic rings. The Balaban J connectivity index is 2.25. The van der Waals surface area contributed by atoms with Crippen molar-refractivity contribution in [2.75, 3.05) is 5.75 Å². The standard InChI is InChI=1S/C13H24OS2/c1-8(2)6-13-7-15-16-12(10(5)14-13)11(13)9(3)4/h8-12H,6-7H2,1-5H3/t10-,11?,12+,13-/m0/s1. The third-order valence-electron chi connectivity index (χ3n) is 3.80. The first kappa shape index (κ1) is 13.1. The van der Waals surface area contributed by atoms with Crippen molar-refractivity contribution in [2.24, 2.45) is 17.8 Å². The lowest BCUT2D eigenvalue weighted by Gasteiger charge is -2.41. The van der Waals surface area contributed by atoms with Crippen LogP contribution in [0, 0.1) is 17.8 Å². The minimum atomic E-state index is 0.169. The predicted octanol–water partition coefficient (Wildman–Crippen LogP) is 4.23. The van der Waals surface area contributed by atoms with E-state index in [0.717, 1.165) is 17.8 Å². The Morgan fingerprint density at radius 1 is 1.31 bits per heavy atom. The van der Waals surface area contributed by atoms with Gasteiger partial charge in [-0.15, -0.1) is 0 Å². The van der Waals surface area contributed by atoms with Crippen LogP contribution in [-0.2, 0) is 4.74 Å². The third kappa shape index (κ3) is 2.15. The Morgan fingerprint density at radius 2 is 2.00 bits per heavy atom. The fourth-order valence-electron chi connectivity index (χ4n) is 3.51. The Labute approximate surface area is 108 Å². The van der Waals surface area contributed by atoms with Crippen LogP contribution in [0.2, 0.25) is 0 Å². The van der Waals surface area contributed by atoms with Gasteiger partial charge in [0.1, 0.15) is 0 Å². The second-order valence-electron chi connectivity index (χ2n) is 6.08. The minimum Gasteiger partial charge on any atom is -0.370 e. The summed E-state index contributed by atoms with van der Waals surface area (Å²) in [7, 11) is 4.10. The van der Waals surface area contributed by atoms with Crippen LogP contribution in [0.3, 0.4) is 0 Å². The van der Waals surface area contributed by atoms with E-state index in [1.54, 1.807) is 0 Å². The molecule has 4 atom stereocenters. The zero-order chi connectivity index (χ0) is 11.9. The van der Waals surface area contributed by atoms with Gasteiger partial charge in [0.15, 0.2) is 0 Å². The first-order chi connectivity index (χ1) is 7.46. The molecule has 0 radical (unpaired) electrons. The van der Waals surface area contributed by atoms with E-state index in [-0.39, 0.29) is 5.60 Å². The smallest absolute Gasteiger partial charge is 0.0829 e. The molecule has 2 aliphatic rings. The van der Waals surface area contributed by atoms with Gasteiger partial charge in [0.05, 0.1) is 11.7 Å². The van der Waals surface area contributed by atoms with E-state index in [1.807, 2.05) is 10.8 Å². The molecular weight excluding hydrogens is 236 g/mol. The topological polar surface area (TPSA) is 9.23 Å². The van der Waals surface area contributed by atoms with Crippen molar-refractivity contribution in [3.63, 3.8) is 0 Å². The van der Waals surface area contributed by atoms with E-state index >= 15 is 0 Å². The number of hydrogen-bond acceptors (Lipinski definition) is 3. The van der Waals surface area contributed by atoms with Gasteiger partial charge < -0.3 is 4.74 Å². The fourth-order valence-corrected chi connectivity index (χ4v) is 7.31. The molecule has 2 bridgehead atoms. The molecule has 1 nitrogen and oxygen atoms in total. The number of fused-ring (bicyclic) bond motifs is 2.